The quantitative estimate of drug-likeness (QED) is 0.514. The molecule has 0 aliphatic rings. The fraction of sp³-hybridized carbons (Fsp3) is 0.409. The van der Waals surface area contributed by atoms with Gasteiger partial charge in [0.05, 0.1) is 0 Å². The minimum absolute atomic E-state index is 0.0875. The summed E-state index contributed by atoms with van der Waals surface area (Å²) in [7, 11) is 0. The Hall–Kier alpha value is -2.52. The molecule has 0 aliphatic heterocycles. The molecule has 5 nitrogen and oxygen atoms in total. The van der Waals surface area contributed by atoms with E-state index in [2.05, 4.69) is 10.7 Å². The van der Waals surface area contributed by atoms with E-state index < -0.39 is 5.91 Å². The number of benzene rings is 1. The van der Waals surface area contributed by atoms with Crippen LogP contribution in [-0.2, 0) is 19.3 Å². The molecule has 0 saturated heterocycles. The number of hydrogen-bond acceptors (Lipinski definition) is 5. The normalized spacial score (nSPS) is 10.6. The molecular weight excluding hydrogens is 372 g/mol. The van der Waals surface area contributed by atoms with Crippen LogP contribution in [0.25, 0.3) is 0 Å². The van der Waals surface area contributed by atoms with Gasteiger partial charge in [0, 0.05) is 22.6 Å². The summed E-state index contributed by atoms with van der Waals surface area (Å²) in [6, 6.07) is 3.83. The highest BCUT2D eigenvalue weighted by atomic mass is 32.2. The van der Waals surface area contributed by atoms with Crippen LogP contribution < -0.4 is 10.7 Å². The SMILES string of the molecule is CCCc1oc(C)c(C)c(=O)c1C(=O)Nc1c(CC)cc(SC#N)cc1CC. The molecule has 0 atom stereocenters. The standard InChI is InChI=1S/C22H26N2O3S/c1-6-9-18-19(21(25)13(4)14(5)27-18)22(26)24-20-15(7-2)10-17(28-12-23)11-16(20)8-3/h10-11H,6-9H2,1-5H3,(H,24,26). The first kappa shape index (κ1) is 21.8. The molecule has 1 N–H and O–H groups in total. The molecule has 0 unspecified atom stereocenters. The maximum atomic E-state index is 13.1. The number of carbonyl (C=O) groups is 1. The Kier molecular flexibility index (Phi) is 7.47. The minimum atomic E-state index is -0.439. The number of carbonyl (C=O) groups excluding carboxylic acids is 1. The summed E-state index contributed by atoms with van der Waals surface area (Å²) < 4.78 is 5.78. The second kappa shape index (κ2) is 9.61. The van der Waals surface area contributed by atoms with E-state index in [9.17, 15) is 9.59 Å². The highest BCUT2D eigenvalue weighted by Gasteiger charge is 2.22. The Morgan fingerprint density at radius 1 is 1.18 bits per heavy atom. The van der Waals surface area contributed by atoms with Crippen molar-refractivity contribution >= 4 is 23.4 Å². The fourth-order valence-corrected chi connectivity index (χ4v) is 3.67. The largest absolute Gasteiger partial charge is 0.465 e. The third kappa shape index (κ3) is 4.48. The number of nitriles is 1. The van der Waals surface area contributed by atoms with Crippen LogP contribution in [0.4, 0.5) is 5.69 Å². The van der Waals surface area contributed by atoms with E-state index in [0.717, 1.165) is 39.9 Å². The van der Waals surface area contributed by atoms with Gasteiger partial charge in [-0.2, -0.15) is 5.26 Å². The summed E-state index contributed by atoms with van der Waals surface area (Å²) >= 11 is 1.10. The van der Waals surface area contributed by atoms with Gasteiger partial charge in [0.1, 0.15) is 22.5 Å². The molecular formula is C22H26N2O3S. The van der Waals surface area contributed by atoms with Crippen molar-refractivity contribution in [2.45, 2.75) is 65.2 Å². The van der Waals surface area contributed by atoms with Crippen LogP contribution in [0.15, 0.2) is 26.2 Å². The summed E-state index contributed by atoms with van der Waals surface area (Å²) in [5, 5.41) is 14.0. The van der Waals surface area contributed by atoms with E-state index in [0.29, 0.717) is 36.3 Å². The van der Waals surface area contributed by atoms with Gasteiger partial charge in [-0.1, -0.05) is 20.8 Å². The second-order valence-corrected chi connectivity index (χ2v) is 7.49. The van der Waals surface area contributed by atoms with Gasteiger partial charge in [-0.15, -0.1) is 0 Å². The van der Waals surface area contributed by atoms with Crippen LogP contribution in [0, 0.1) is 24.5 Å². The third-order valence-electron chi connectivity index (χ3n) is 4.79. The molecule has 28 heavy (non-hydrogen) atoms. The van der Waals surface area contributed by atoms with Gasteiger partial charge in [-0.05, 0) is 68.1 Å². The van der Waals surface area contributed by atoms with Gasteiger partial charge in [0.2, 0.25) is 5.43 Å². The Bertz CT molecular complexity index is 961. The number of nitrogens with one attached hydrogen (secondary N) is 1. The monoisotopic (exact) mass is 398 g/mol. The molecule has 0 radical (unpaired) electrons. The molecule has 1 aromatic heterocycles. The van der Waals surface area contributed by atoms with Crippen LogP contribution in [0.1, 0.15) is 65.8 Å². The molecule has 6 heteroatoms. The van der Waals surface area contributed by atoms with Crippen molar-refractivity contribution in [1.82, 2.24) is 0 Å². The molecule has 0 saturated carbocycles. The van der Waals surface area contributed by atoms with E-state index in [-0.39, 0.29) is 11.0 Å². The summed E-state index contributed by atoms with van der Waals surface area (Å²) in [5.41, 5.74) is 2.86. The molecule has 148 valence electrons. The van der Waals surface area contributed by atoms with Crippen LogP contribution in [0.2, 0.25) is 0 Å². The Morgan fingerprint density at radius 3 is 2.29 bits per heavy atom. The number of amides is 1. The zero-order valence-corrected chi connectivity index (χ0v) is 17.9. The Balaban J connectivity index is 2.56. The maximum absolute atomic E-state index is 13.1. The number of thioether (sulfide) groups is 1. The van der Waals surface area contributed by atoms with Crippen LogP contribution in [0.3, 0.4) is 0 Å². The molecule has 1 heterocycles. The maximum Gasteiger partial charge on any atom is 0.263 e. The lowest BCUT2D eigenvalue weighted by molar-refractivity contribution is 0.102. The van der Waals surface area contributed by atoms with Crippen LogP contribution in [-0.4, -0.2) is 5.91 Å². The van der Waals surface area contributed by atoms with Crippen molar-refractivity contribution in [2.75, 3.05) is 5.32 Å². The lowest BCUT2D eigenvalue weighted by Crippen LogP contribution is -2.26. The second-order valence-electron chi connectivity index (χ2n) is 6.63. The fourth-order valence-electron chi connectivity index (χ4n) is 3.16. The average Bonchev–Trinajstić information content (AvgIpc) is 2.67. The molecule has 2 aromatic rings. The summed E-state index contributed by atoms with van der Waals surface area (Å²) in [5.74, 6) is 0.539. The number of anilines is 1. The first-order valence-corrected chi connectivity index (χ1v) is 10.4. The van der Waals surface area contributed by atoms with Crippen molar-refractivity contribution in [3.05, 3.63) is 56.1 Å². The molecule has 2 rings (SSSR count). The van der Waals surface area contributed by atoms with Crippen molar-refractivity contribution in [1.29, 1.82) is 5.26 Å². The number of thiocyanates is 1. The first-order valence-electron chi connectivity index (χ1n) is 9.54. The van der Waals surface area contributed by atoms with Gasteiger partial charge >= 0.3 is 0 Å². The molecule has 1 amide bonds. The van der Waals surface area contributed by atoms with Crippen molar-refractivity contribution in [3.8, 4) is 5.40 Å². The van der Waals surface area contributed by atoms with Gasteiger partial charge in [-0.25, -0.2) is 0 Å². The smallest absolute Gasteiger partial charge is 0.263 e. The number of nitrogens with zero attached hydrogens (tertiary/aromatic N) is 1. The number of rotatable bonds is 7. The van der Waals surface area contributed by atoms with E-state index in [4.69, 9.17) is 9.68 Å². The van der Waals surface area contributed by atoms with E-state index in [1.54, 1.807) is 13.8 Å². The molecule has 1 aromatic carbocycles. The predicted molar refractivity (Wildman–Crippen MR) is 113 cm³/mol. The van der Waals surface area contributed by atoms with E-state index in [1.807, 2.05) is 32.9 Å². The van der Waals surface area contributed by atoms with E-state index >= 15 is 0 Å². The molecule has 0 aliphatic carbocycles. The lowest BCUT2D eigenvalue weighted by atomic mass is 10.0. The summed E-state index contributed by atoms with van der Waals surface area (Å²) in [6.07, 6.45) is 2.70. The zero-order chi connectivity index (χ0) is 20.8. The molecule has 0 bridgehead atoms. The first-order chi connectivity index (χ1) is 13.4. The number of hydrogen-bond donors (Lipinski definition) is 1. The topological polar surface area (TPSA) is 83.1 Å². The third-order valence-corrected chi connectivity index (χ3v) is 5.36. The Labute approximate surface area is 170 Å². The summed E-state index contributed by atoms with van der Waals surface area (Å²) in [6.45, 7) is 9.40. The van der Waals surface area contributed by atoms with Crippen LogP contribution in [0.5, 0.6) is 0 Å². The average molecular weight is 399 g/mol. The molecule has 0 spiro atoms. The molecule has 0 fully saturated rings. The highest BCUT2D eigenvalue weighted by molar-refractivity contribution is 8.03. The van der Waals surface area contributed by atoms with Crippen LogP contribution >= 0.6 is 11.8 Å². The van der Waals surface area contributed by atoms with Gasteiger partial charge in [0.15, 0.2) is 0 Å². The summed E-state index contributed by atoms with van der Waals surface area (Å²) in [4.78, 5) is 26.8. The van der Waals surface area contributed by atoms with E-state index in [1.165, 1.54) is 0 Å². The van der Waals surface area contributed by atoms with Crippen molar-refractivity contribution in [2.24, 2.45) is 0 Å². The Morgan fingerprint density at radius 2 is 1.79 bits per heavy atom. The predicted octanol–water partition coefficient (Wildman–Crippen LogP) is 5.16. The zero-order valence-electron chi connectivity index (χ0n) is 17.1. The van der Waals surface area contributed by atoms with Crippen molar-refractivity contribution in [3.63, 3.8) is 0 Å². The lowest BCUT2D eigenvalue weighted by Gasteiger charge is -2.17. The van der Waals surface area contributed by atoms with Gasteiger partial charge in [-0.3, -0.25) is 9.59 Å². The van der Waals surface area contributed by atoms with Crippen molar-refractivity contribution < 1.29 is 9.21 Å². The highest BCUT2D eigenvalue weighted by Crippen LogP contribution is 2.30. The van der Waals surface area contributed by atoms with Gasteiger partial charge in [0.25, 0.3) is 5.91 Å². The number of aryl methyl sites for hydroxylation is 4. The van der Waals surface area contributed by atoms with Gasteiger partial charge < -0.3 is 9.73 Å². The minimum Gasteiger partial charge on any atom is -0.465 e.